The second-order valence-electron chi connectivity index (χ2n) is 4.30. The van der Waals surface area contributed by atoms with Gasteiger partial charge in [-0.15, -0.1) is 0 Å². The van der Waals surface area contributed by atoms with Crippen LogP contribution in [0.1, 0.15) is 50.0 Å². The molecular formula is C13H21N3O2. The summed E-state index contributed by atoms with van der Waals surface area (Å²) in [6.07, 6.45) is 6.60. The average molecular weight is 251 g/mol. The number of nitrogens with zero attached hydrogens (tertiary/aromatic N) is 2. The zero-order valence-electron chi connectivity index (χ0n) is 11.1. The fourth-order valence-corrected chi connectivity index (χ4v) is 1.63. The Morgan fingerprint density at radius 1 is 1.28 bits per heavy atom. The molecule has 0 unspecified atom stereocenters. The molecule has 0 radical (unpaired) electrons. The van der Waals surface area contributed by atoms with Gasteiger partial charge in [0.2, 0.25) is 0 Å². The minimum Gasteiger partial charge on any atom is -0.337 e. The number of nitrogens with one attached hydrogen (secondary N) is 1. The van der Waals surface area contributed by atoms with Crippen molar-refractivity contribution in [2.24, 2.45) is 0 Å². The molecule has 0 bridgehead atoms. The molecule has 1 aromatic heterocycles. The monoisotopic (exact) mass is 251 g/mol. The normalized spacial score (nSPS) is 10.3. The maximum absolute atomic E-state index is 12.2. The van der Waals surface area contributed by atoms with E-state index in [1.807, 2.05) is 4.90 Å². The third-order valence-electron chi connectivity index (χ3n) is 2.74. The molecule has 1 rings (SSSR count). The number of aromatic nitrogens is 2. The van der Waals surface area contributed by atoms with E-state index in [1.54, 1.807) is 0 Å². The van der Waals surface area contributed by atoms with Crippen LogP contribution in [0.2, 0.25) is 0 Å². The van der Waals surface area contributed by atoms with Gasteiger partial charge in [-0.3, -0.25) is 9.59 Å². The summed E-state index contributed by atoms with van der Waals surface area (Å²) in [5.74, 6) is -0.104. The van der Waals surface area contributed by atoms with Crippen LogP contribution in [0.15, 0.2) is 17.2 Å². The molecule has 1 amide bonds. The van der Waals surface area contributed by atoms with Crippen molar-refractivity contribution in [1.29, 1.82) is 0 Å². The molecule has 100 valence electrons. The van der Waals surface area contributed by atoms with Gasteiger partial charge in [-0.2, -0.15) is 0 Å². The molecule has 0 saturated heterocycles. The van der Waals surface area contributed by atoms with Crippen molar-refractivity contribution < 1.29 is 4.79 Å². The second kappa shape index (κ2) is 7.63. The van der Waals surface area contributed by atoms with Gasteiger partial charge in [0.05, 0.1) is 6.20 Å². The van der Waals surface area contributed by atoms with Crippen LogP contribution in [0.3, 0.4) is 0 Å². The number of amides is 1. The highest BCUT2D eigenvalue weighted by molar-refractivity contribution is 5.91. The molecule has 0 aliphatic rings. The summed E-state index contributed by atoms with van der Waals surface area (Å²) in [6.45, 7) is 5.69. The van der Waals surface area contributed by atoms with E-state index in [1.165, 1.54) is 6.20 Å². The van der Waals surface area contributed by atoms with E-state index in [2.05, 4.69) is 23.8 Å². The van der Waals surface area contributed by atoms with Gasteiger partial charge in [-0.1, -0.05) is 26.7 Å². The smallest absolute Gasteiger partial charge is 0.273 e. The predicted octanol–water partition coefficient (Wildman–Crippen LogP) is 1.81. The lowest BCUT2D eigenvalue weighted by Crippen LogP contribution is -2.34. The van der Waals surface area contributed by atoms with Crippen molar-refractivity contribution in [3.05, 3.63) is 28.4 Å². The minimum atomic E-state index is -0.291. The largest absolute Gasteiger partial charge is 0.337 e. The van der Waals surface area contributed by atoms with E-state index >= 15 is 0 Å². The van der Waals surface area contributed by atoms with E-state index in [9.17, 15) is 9.59 Å². The first-order valence-corrected chi connectivity index (χ1v) is 6.53. The highest BCUT2D eigenvalue weighted by Crippen LogP contribution is 2.04. The zero-order valence-corrected chi connectivity index (χ0v) is 11.1. The average Bonchev–Trinajstić information content (AvgIpc) is 2.39. The number of aromatic amines is 1. The van der Waals surface area contributed by atoms with E-state index in [0.717, 1.165) is 45.0 Å². The molecule has 0 spiro atoms. The first kappa shape index (κ1) is 14.4. The summed E-state index contributed by atoms with van der Waals surface area (Å²) in [5.41, 5.74) is 0.0158. The van der Waals surface area contributed by atoms with Gasteiger partial charge < -0.3 is 9.88 Å². The van der Waals surface area contributed by atoms with Gasteiger partial charge in [0.1, 0.15) is 5.69 Å². The van der Waals surface area contributed by atoms with Crippen LogP contribution >= 0.6 is 0 Å². The Bertz CT molecular complexity index is 400. The summed E-state index contributed by atoms with van der Waals surface area (Å²) in [4.78, 5) is 31.3. The number of hydrogen-bond donors (Lipinski definition) is 1. The number of carbonyl (C=O) groups is 1. The molecule has 0 atom stereocenters. The molecule has 0 aliphatic heterocycles. The number of rotatable bonds is 7. The maximum atomic E-state index is 12.2. The number of hydrogen-bond acceptors (Lipinski definition) is 3. The Labute approximate surface area is 107 Å². The lowest BCUT2D eigenvalue weighted by Gasteiger charge is -2.21. The van der Waals surface area contributed by atoms with Crippen LogP contribution in [0.4, 0.5) is 0 Å². The van der Waals surface area contributed by atoms with Gasteiger partial charge in [0, 0.05) is 19.3 Å². The minimum absolute atomic E-state index is 0.104. The topological polar surface area (TPSA) is 66.1 Å². The van der Waals surface area contributed by atoms with Crippen molar-refractivity contribution >= 4 is 5.91 Å². The number of carbonyl (C=O) groups excluding carboxylic acids is 1. The molecular weight excluding hydrogens is 230 g/mol. The number of H-pyrrole nitrogens is 1. The van der Waals surface area contributed by atoms with E-state index in [0.29, 0.717) is 5.69 Å². The van der Waals surface area contributed by atoms with Gasteiger partial charge in [0.15, 0.2) is 0 Å². The highest BCUT2D eigenvalue weighted by atomic mass is 16.2. The fourth-order valence-electron chi connectivity index (χ4n) is 1.63. The Hall–Kier alpha value is -1.65. The number of unbranched alkanes of at least 4 members (excludes halogenated alkanes) is 2. The van der Waals surface area contributed by atoms with Crippen LogP contribution in [-0.2, 0) is 0 Å². The molecule has 18 heavy (non-hydrogen) atoms. The van der Waals surface area contributed by atoms with Crippen LogP contribution < -0.4 is 5.56 Å². The summed E-state index contributed by atoms with van der Waals surface area (Å²) in [7, 11) is 0. The van der Waals surface area contributed by atoms with Crippen molar-refractivity contribution in [3.63, 3.8) is 0 Å². The molecule has 0 fully saturated rings. The summed E-state index contributed by atoms with van der Waals surface area (Å²) >= 11 is 0. The van der Waals surface area contributed by atoms with E-state index < -0.39 is 0 Å². The highest BCUT2D eigenvalue weighted by Gasteiger charge is 2.15. The maximum Gasteiger partial charge on any atom is 0.273 e. The van der Waals surface area contributed by atoms with Crippen molar-refractivity contribution in [3.8, 4) is 0 Å². The Balaban J connectivity index is 2.73. The van der Waals surface area contributed by atoms with Crippen molar-refractivity contribution in [2.45, 2.75) is 39.5 Å². The molecule has 1 heterocycles. The molecule has 1 aromatic rings. The molecule has 1 N–H and O–H groups in total. The standard InChI is InChI=1S/C13H21N3O2/c1-3-5-7-16(8-6-4-2)13(18)11-9-15-12(17)10-14-11/h9-10H,3-8H2,1-2H3,(H,15,17). The first-order chi connectivity index (χ1) is 8.69. The molecule has 0 aromatic carbocycles. The lowest BCUT2D eigenvalue weighted by molar-refractivity contribution is 0.0744. The van der Waals surface area contributed by atoms with Gasteiger partial charge in [-0.05, 0) is 12.8 Å². The van der Waals surface area contributed by atoms with Crippen LogP contribution in [-0.4, -0.2) is 33.9 Å². The van der Waals surface area contributed by atoms with Gasteiger partial charge in [0.25, 0.3) is 11.5 Å². The SMILES string of the molecule is CCCCN(CCCC)C(=O)c1c[nH]c(=O)cn1. The summed E-state index contributed by atoms with van der Waals surface area (Å²) in [6, 6.07) is 0. The molecule has 0 saturated carbocycles. The van der Waals surface area contributed by atoms with Crippen LogP contribution in [0.5, 0.6) is 0 Å². The van der Waals surface area contributed by atoms with Gasteiger partial charge >= 0.3 is 0 Å². The lowest BCUT2D eigenvalue weighted by atomic mass is 10.2. The van der Waals surface area contributed by atoms with Crippen LogP contribution in [0, 0.1) is 0 Å². The Kier molecular flexibility index (Phi) is 6.11. The molecule has 5 heteroatoms. The van der Waals surface area contributed by atoms with Crippen molar-refractivity contribution in [2.75, 3.05) is 13.1 Å². The fraction of sp³-hybridized carbons (Fsp3) is 0.615. The summed E-state index contributed by atoms with van der Waals surface area (Å²) in [5, 5.41) is 0. The van der Waals surface area contributed by atoms with E-state index in [4.69, 9.17) is 0 Å². The summed E-state index contributed by atoms with van der Waals surface area (Å²) < 4.78 is 0. The molecule has 5 nitrogen and oxygen atoms in total. The Morgan fingerprint density at radius 3 is 2.33 bits per heavy atom. The predicted molar refractivity (Wildman–Crippen MR) is 70.6 cm³/mol. The van der Waals surface area contributed by atoms with Gasteiger partial charge in [-0.25, -0.2) is 4.98 Å². The quantitative estimate of drug-likeness (QED) is 0.803. The second-order valence-corrected chi connectivity index (χ2v) is 4.30. The van der Waals surface area contributed by atoms with Crippen molar-refractivity contribution in [1.82, 2.24) is 14.9 Å². The first-order valence-electron chi connectivity index (χ1n) is 6.53. The van der Waals surface area contributed by atoms with E-state index in [-0.39, 0.29) is 11.5 Å². The Morgan fingerprint density at radius 2 is 1.89 bits per heavy atom. The van der Waals surface area contributed by atoms with Crippen LogP contribution in [0.25, 0.3) is 0 Å². The zero-order chi connectivity index (χ0) is 13.4. The third-order valence-corrected chi connectivity index (χ3v) is 2.74. The third kappa shape index (κ3) is 4.31. The molecule has 0 aliphatic carbocycles.